The molecular formula is C18H18ClFN4OS. The second-order valence-corrected chi connectivity index (χ2v) is 7.48. The van der Waals surface area contributed by atoms with Gasteiger partial charge >= 0.3 is 0 Å². The molecule has 3 aromatic rings. The molecule has 1 aliphatic rings. The first-order valence-corrected chi connectivity index (χ1v) is 9.85. The van der Waals surface area contributed by atoms with Crippen LogP contribution in [0, 0.1) is 5.82 Å². The van der Waals surface area contributed by atoms with E-state index >= 15 is 0 Å². The summed E-state index contributed by atoms with van der Waals surface area (Å²) in [6.07, 6.45) is 3.96. The Bertz CT molecular complexity index is 857. The minimum Gasteiger partial charge on any atom is -0.467 e. The molecule has 1 aliphatic heterocycles. The van der Waals surface area contributed by atoms with Gasteiger partial charge in [-0.2, -0.15) is 0 Å². The van der Waals surface area contributed by atoms with E-state index in [0.717, 1.165) is 42.8 Å². The number of thioether (sulfide) groups is 1. The smallest absolute Gasteiger partial charge is 0.228 e. The summed E-state index contributed by atoms with van der Waals surface area (Å²) in [6.45, 7) is 2.49. The van der Waals surface area contributed by atoms with E-state index in [9.17, 15) is 4.39 Å². The van der Waals surface area contributed by atoms with Crippen LogP contribution in [-0.4, -0.2) is 27.9 Å². The SMILES string of the molecule is Fc1cccc(Cl)c1CSc1nnc(N2CCCC2)n1Cc1ccco1. The molecule has 0 radical (unpaired) electrons. The third kappa shape index (κ3) is 3.59. The summed E-state index contributed by atoms with van der Waals surface area (Å²) < 4.78 is 21.6. The molecule has 1 saturated heterocycles. The highest BCUT2D eigenvalue weighted by Crippen LogP contribution is 2.30. The van der Waals surface area contributed by atoms with Crippen LogP contribution in [0.1, 0.15) is 24.2 Å². The molecule has 0 spiro atoms. The number of rotatable bonds is 6. The predicted molar refractivity (Wildman–Crippen MR) is 100 cm³/mol. The van der Waals surface area contributed by atoms with Crippen molar-refractivity contribution in [2.45, 2.75) is 30.3 Å². The van der Waals surface area contributed by atoms with Crippen molar-refractivity contribution in [3.05, 3.63) is 58.8 Å². The maximum atomic E-state index is 14.0. The van der Waals surface area contributed by atoms with E-state index < -0.39 is 0 Å². The minimum absolute atomic E-state index is 0.304. The number of anilines is 1. The molecule has 0 aliphatic carbocycles. The summed E-state index contributed by atoms with van der Waals surface area (Å²) in [5, 5.41) is 9.88. The van der Waals surface area contributed by atoms with E-state index in [4.69, 9.17) is 16.0 Å². The second kappa shape index (κ2) is 7.72. The van der Waals surface area contributed by atoms with Gasteiger partial charge in [-0.25, -0.2) is 4.39 Å². The van der Waals surface area contributed by atoms with Gasteiger partial charge in [-0.05, 0) is 37.1 Å². The van der Waals surface area contributed by atoms with Gasteiger partial charge < -0.3 is 9.32 Å². The molecule has 0 unspecified atom stereocenters. The van der Waals surface area contributed by atoms with Crippen LogP contribution in [0.2, 0.25) is 5.02 Å². The van der Waals surface area contributed by atoms with Gasteiger partial charge in [-0.3, -0.25) is 4.57 Å². The molecule has 3 heterocycles. The molecule has 1 aromatic carbocycles. The van der Waals surface area contributed by atoms with Gasteiger partial charge in [0.1, 0.15) is 11.6 Å². The van der Waals surface area contributed by atoms with Gasteiger partial charge in [0.2, 0.25) is 5.95 Å². The van der Waals surface area contributed by atoms with Crippen molar-refractivity contribution in [2.75, 3.05) is 18.0 Å². The molecule has 2 aromatic heterocycles. The van der Waals surface area contributed by atoms with Gasteiger partial charge in [0, 0.05) is 29.4 Å². The highest BCUT2D eigenvalue weighted by Gasteiger charge is 2.22. The fourth-order valence-corrected chi connectivity index (χ4v) is 4.32. The fraction of sp³-hybridized carbons (Fsp3) is 0.333. The average Bonchev–Trinajstić information content (AvgIpc) is 3.37. The fourth-order valence-electron chi connectivity index (χ4n) is 3.04. The van der Waals surface area contributed by atoms with Crippen molar-refractivity contribution in [3.63, 3.8) is 0 Å². The maximum Gasteiger partial charge on any atom is 0.228 e. The molecule has 1 fully saturated rings. The third-order valence-electron chi connectivity index (χ3n) is 4.39. The Labute approximate surface area is 160 Å². The molecule has 26 heavy (non-hydrogen) atoms. The molecule has 0 saturated carbocycles. The molecular weight excluding hydrogens is 375 g/mol. The standard InChI is InChI=1S/C18H18ClFN4OS/c19-15-6-3-7-16(20)14(15)12-26-18-22-21-17(23-8-1-2-9-23)24(18)11-13-5-4-10-25-13/h3-7,10H,1-2,8-9,11-12H2. The van der Waals surface area contributed by atoms with Crippen LogP contribution >= 0.6 is 23.4 Å². The Morgan fingerprint density at radius 2 is 2.00 bits per heavy atom. The van der Waals surface area contributed by atoms with Crippen LogP contribution in [0.25, 0.3) is 0 Å². The first-order valence-electron chi connectivity index (χ1n) is 8.48. The quantitative estimate of drug-likeness (QED) is 0.573. The van der Waals surface area contributed by atoms with Crippen LogP contribution in [0.5, 0.6) is 0 Å². The number of aromatic nitrogens is 3. The Kier molecular flexibility index (Phi) is 5.17. The highest BCUT2D eigenvalue weighted by atomic mass is 35.5. The minimum atomic E-state index is -0.304. The van der Waals surface area contributed by atoms with E-state index in [1.807, 2.05) is 16.7 Å². The summed E-state index contributed by atoms with van der Waals surface area (Å²) in [5.41, 5.74) is 0.481. The lowest BCUT2D eigenvalue weighted by molar-refractivity contribution is 0.483. The molecule has 5 nitrogen and oxygen atoms in total. The van der Waals surface area contributed by atoms with Crippen LogP contribution < -0.4 is 4.90 Å². The molecule has 0 amide bonds. The summed E-state index contributed by atoms with van der Waals surface area (Å²) in [4.78, 5) is 2.23. The molecule has 136 valence electrons. The summed E-state index contributed by atoms with van der Waals surface area (Å²) in [6, 6.07) is 8.52. The lowest BCUT2D eigenvalue weighted by Crippen LogP contribution is -2.22. The lowest BCUT2D eigenvalue weighted by Gasteiger charge is -2.17. The molecule has 8 heteroatoms. The van der Waals surface area contributed by atoms with Crippen LogP contribution in [0.15, 0.2) is 46.2 Å². The van der Waals surface area contributed by atoms with Crippen molar-refractivity contribution in [3.8, 4) is 0 Å². The number of nitrogens with zero attached hydrogens (tertiary/aromatic N) is 4. The number of halogens is 2. The molecule has 0 N–H and O–H groups in total. The Balaban J connectivity index is 1.60. The van der Waals surface area contributed by atoms with Gasteiger partial charge in [-0.15, -0.1) is 10.2 Å². The zero-order chi connectivity index (χ0) is 17.9. The number of hydrogen-bond acceptors (Lipinski definition) is 5. The van der Waals surface area contributed by atoms with E-state index in [1.54, 1.807) is 18.4 Å². The third-order valence-corrected chi connectivity index (χ3v) is 5.73. The Morgan fingerprint density at radius 1 is 1.15 bits per heavy atom. The Morgan fingerprint density at radius 3 is 2.73 bits per heavy atom. The Hall–Kier alpha value is -1.99. The molecule has 4 rings (SSSR count). The number of benzene rings is 1. The largest absolute Gasteiger partial charge is 0.467 e. The number of furan rings is 1. The first-order chi connectivity index (χ1) is 12.7. The van der Waals surface area contributed by atoms with Crippen molar-refractivity contribution in [1.82, 2.24) is 14.8 Å². The van der Waals surface area contributed by atoms with Crippen LogP contribution in [0.4, 0.5) is 10.3 Å². The van der Waals surface area contributed by atoms with E-state index in [2.05, 4.69) is 15.1 Å². The van der Waals surface area contributed by atoms with Gasteiger partial charge in [0.15, 0.2) is 5.16 Å². The summed E-state index contributed by atoms with van der Waals surface area (Å²) in [7, 11) is 0. The lowest BCUT2D eigenvalue weighted by atomic mass is 10.2. The normalized spacial score (nSPS) is 14.3. The van der Waals surface area contributed by atoms with Crippen molar-refractivity contribution < 1.29 is 8.81 Å². The zero-order valence-electron chi connectivity index (χ0n) is 14.1. The van der Waals surface area contributed by atoms with Crippen molar-refractivity contribution in [2.24, 2.45) is 0 Å². The second-order valence-electron chi connectivity index (χ2n) is 6.13. The monoisotopic (exact) mass is 392 g/mol. The number of hydrogen-bond donors (Lipinski definition) is 0. The predicted octanol–water partition coefficient (Wildman–Crippen LogP) is 4.60. The average molecular weight is 393 g/mol. The van der Waals surface area contributed by atoms with E-state index in [1.165, 1.54) is 17.8 Å². The van der Waals surface area contributed by atoms with Crippen molar-refractivity contribution >= 4 is 29.3 Å². The van der Waals surface area contributed by atoms with E-state index in [0.29, 0.717) is 22.9 Å². The summed E-state index contributed by atoms with van der Waals surface area (Å²) in [5.74, 6) is 1.75. The maximum absolute atomic E-state index is 14.0. The van der Waals surface area contributed by atoms with Crippen molar-refractivity contribution in [1.29, 1.82) is 0 Å². The van der Waals surface area contributed by atoms with Crippen LogP contribution in [-0.2, 0) is 12.3 Å². The summed E-state index contributed by atoms with van der Waals surface area (Å²) >= 11 is 7.57. The van der Waals surface area contributed by atoms with Gasteiger partial charge in [0.25, 0.3) is 0 Å². The van der Waals surface area contributed by atoms with Gasteiger partial charge in [-0.1, -0.05) is 29.4 Å². The topological polar surface area (TPSA) is 47.1 Å². The zero-order valence-corrected chi connectivity index (χ0v) is 15.6. The van der Waals surface area contributed by atoms with Crippen LogP contribution in [0.3, 0.4) is 0 Å². The molecule has 0 bridgehead atoms. The highest BCUT2D eigenvalue weighted by molar-refractivity contribution is 7.98. The van der Waals surface area contributed by atoms with Gasteiger partial charge in [0.05, 0.1) is 12.8 Å². The van der Waals surface area contributed by atoms with E-state index in [-0.39, 0.29) is 5.82 Å². The molecule has 0 atom stereocenters. The first kappa shape index (κ1) is 17.4.